The van der Waals surface area contributed by atoms with E-state index < -0.39 is 0 Å². The molecule has 1 aliphatic carbocycles. The van der Waals surface area contributed by atoms with Crippen molar-refractivity contribution in [2.45, 2.75) is 32.7 Å². The van der Waals surface area contributed by atoms with Gasteiger partial charge in [0, 0.05) is 20.1 Å². The van der Waals surface area contributed by atoms with E-state index in [0.717, 1.165) is 18.8 Å². The van der Waals surface area contributed by atoms with Gasteiger partial charge in [-0.25, -0.2) is 0 Å². The third-order valence-electron chi connectivity index (χ3n) is 3.32. The Labute approximate surface area is 84.7 Å². The molecule has 0 spiro atoms. The van der Waals surface area contributed by atoms with Gasteiger partial charge in [-0.3, -0.25) is 4.68 Å². The summed E-state index contributed by atoms with van der Waals surface area (Å²) in [4.78, 5) is 0. The van der Waals surface area contributed by atoms with Gasteiger partial charge in [0.15, 0.2) is 0 Å². The molecule has 4 nitrogen and oxygen atoms in total. The van der Waals surface area contributed by atoms with Crippen molar-refractivity contribution < 1.29 is 0 Å². The highest BCUT2D eigenvalue weighted by molar-refractivity contribution is 4.96. The lowest BCUT2D eigenvalue weighted by Crippen LogP contribution is -2.24. The monoisotopic (exact) mass is 194 g/mol. The number of hydrogen-bond acceptors (Lipinski definition) is 3. The van der Waals surface area contributed by atoms with E-state index in [1.165, 1.54) is 19.3 Å². The molecule has 0 bridgehead atoms. The van der Waals surface area contributed by atoms with Crippen LogP contribution in [0.25, 0.3) is 0 Å². The molecule has 4 heteroatoms. The molecule has 0 aliphatic heterocycles. The van der Waals surface area contributed by atoms with Crippen LogP contribution in [0.2, 0.25) is 0 Å². The maximum absolute atomic E-state index is 3.89. The summed E-state index contributed by atoms with van der Waals surface area (Å²) >= 11 is 0. The van der Waals surface area contributed by atoms with E-state index in [9.17, 15) is 0 Å². The van der Waals surface area contributed by atoms with Gasteiger partial charge in [-0.1, -0.05) is 12.1 Å². The molecule has 1 aliphatic rings. The minimum Gasteiger partial charge on any atom is -0.311 e. The molecule has 0 unspecified atom stereocenters. The van der Waals surface area contributed by atoms with Gasteiger partial charge in [-0.05, 0) is 24.7 Å². The van der Waals surface area contributed by atoms with Crippen LogP contribution in [0.5, 0.6) is 0 Å². The predicted octanol–water partition coefficient (Wildman–Crippen LogP) is 1.09. The van der Waals surface area contributed by atoms with Crippen LogP contribution in [-0.2, 0) is 13.6 Å². The quantitative estimate of drug-likeness (QED) is 0.763. The van der Waals surface area contributed by atoms with Crippen LogP contribution in [0, 0.1) is 5.41 Å². The Kier molecular flexibility index (Phi) is 2.54. The highest BCUT2D eigenvalue weighted by Gasteiger charge is 2.39. The van der Waals surface area contributed by atoms with E-state index in [2.05, 4.69) is 22.6 Å². The summed E-state index contributed by atoms with van der Waals surface area (Å²) in [6, 6.07) is 0. The maximum Gasteiger partial charge on any atom is 0.0738 e. The molecule has 2 rings (SSSR count). The molecular formula is C10H18N4. The Bertz CT molecular complexity index is 301. The average Bonchev–Trinajstić information content (AvgIpc) is 2.86. The Morgan fingerprint density at radius 1 is 1.57 bits per heavy atom. The summed E-state index contributed by atoms with van der Waals surface area (Å²) in [5, 5.41) is 11.2. The number of hydrogen-bond donors (Lipinski definition) is 1. The topological polar surface area (TPSA) is 42.7 Å². The van der Waals surface area contributed by atoms with Crippen LogP contribution in [0.15, 0.2) is 6.20 Å². The molecule has 0 amide bonds. The second-order valence-electron chi connectivity index (χ2n) is 4.31. The van der Waals surface area contributed by atoms with E-state index in [1.807, 2.05) is 17.9 Å². The van der Waals surface area contributed by atoms with Crippen LogP contribution in [-0.4, -0.2) is 21.5 Å². The molecule has 0 radical (unpaired) electrons. The Morgan fingerprint density at radius 2 is 2.36 bits per heavy atom. The first-order valence-corrected chi connectivity index (χ1v) is 5.30. The minimum atomic E-state index is 0.617. The summed E-state index contributed by atoms with van der Waals surface area (Å²) in [5.74, 6) is 0. The van der Waals surface area contributed by atoms with Gasteiger partial charge < -0.3 is 5.32 Å². The van der Waals surface area contributed by atoms with Gasteiger partial charge in [-0.2, -0.15) is 0 Å². The molecule has 1 aromatic rings. The molecular weight excluding hydrogens is 176 g/mol. The van der Waals surface area contributed by atoms with Crippen LogP contribution < -0.4 is 5.32 Å². The van der Waals surface area contributed by atoms with Crippen molar-refractivity contribution in [2.75, 3.05) is 6.54 Å². The highest BCUT2D eigenvalue weighted by Crippen LogP contribution is 2.47. The highest BCUT2D eigenvalue weighted by atomic mass is 15.4. The van der Waals surface area contributed by atoms with E-state index >= 15 is 0 Å². The number of aryl methyl sites for hydroxylation is 1. The van der Waals surface area contributed by atoms with E-state index in [-0.39, 0.29) is 0 Å². The average molecular weight is 194 g/mol. The molecule has 78 valence electrons. The lowest BCUT2D eigenvalue weighted by atomic mass is 10.0. The van der Waals surface area contributed by atoms with Crippen molar-refractivity contribution in [2.24, 2.45) is 12.5 Å². The first-order chi connectivity index (χ1) is 6.76. The van der Waals surface area contributed by atoms with Gasteiger partial charge in [0.25, 0.3) is 0 Å². The fraction of sp³-hybridized carbons (Fsp3) is 0.800. The summed E-state index contributed by atoms with van der Waals surface area (Å²) in [7, 11) is 1.93. The molecule has 0 aromatic carbocycles. The van der Waals surface area contributed by atoms with Crippen LogP contribution >= 0.6 is 0 Å². The SMILES string of the molecule is CCC1(CNCc2cnnn2C)CC1. The molecule has 0 saturated heterocycles. The van der Waals surface area contributed by atoms with Gasteiger partial charge in [0.1, 0.15) is 0 Å². The van der Waals surface area contributed by atoms with Gasteiger partial charge >= 0.3 is 0 Å². The fourth-order valence-electron chi connectivity index (χ4n) is 1.76. The maximum atomic E-state index is 3.89. The van der Waals surface area contributed by atoms with Crippen LogP contribution in [0.4, 0.5) is 0 Å². The Balaban J connectivity index is 1.76. The standard InChI is InChI=1S/C10H18N4/c1-3-10(4-5-10)8-11-6-9-7-12-13-14(9)2/h7,11H,3-6,8H2,1-2H3. The van der Waals surface area contributed by atoms with E-state index in [1.54, 1.807) is 0 Å². The summed E-state index contributed by atoms with van der Waals surface area (Å²) in [6.07, 6.45) is 5.89. The van der Waals surface area contributed by atoms with Crippen LogP contribution in [0.1, 0.15) is 31.9 Å². The van der Waals surface area contributed by atoms with E-state index in [0.29, 0.717) is 5.41 Å². The number of nitrogens with one attached hydrogen (secondary N) is 1. The van der Waals surface area contributed by atoms with Crippen molar-refractivity contribution in [3.8, 4) is 0 Å². The Morgan fingerprint density at radius 3 is 2.86 bits per heavy atom. The van der Waals surface area contributed by atoms with Crippen molar-refractivity contribution in [3.63, 3.8) is 0 Å². The number of nitrogens with zero attached hydrogens (tertiary/aromatic N) is 3. The van der Waals surface area contributed by atoms with Crippen molar-refractivity contribution in [1.82, 2.24) is 20.3 Å². The van der Waals surface area contributed by atoms with Gasteiger partial charge in [0.05, 0.1) is 11.9 Å². The van der Waals surface area contributed by atoms with Gasteiger partial charge in [-0.15, -0.1) is 5.10 Å². The largest absolute Gasteiger partial charge is 0.311 e. The molecule has 0 atom stereocenters. The lowest BCUT2D eigenvalue weighted by molar-refractivity contribution is 0.438. The summed E-state index contributed by atoms with van der Waals surface area (Å²) in [5.41, 5.74) is 1.77. The molecule has 14 heavy (non-hydrogen) atoms. The first-order valence-electron chi connectivity index (χ1n) is 5.30. The van der Waals surface area contributed by atoms with Gasteiger partial charge in [0.2, 0.25) is 0 Å². The lowest BCUT2D eigenvalue weighted by Gasteiger charge is -2.12. The van der Waals surface area contributed by atoms with Crippen molar-refractivity contribution in [1.29, 1.82) is 0 Å². The predicted molar refractivity (Wildman–Crippen MR) is 54.7 cm³/mol. The molecule has 1 aromatic heterocycles. The molecule has 1 saturated carbocycles. The summed E-state index contributed by atoms with van der Waals surface area (Å²) < 4.78 is 1.82. The molecule has 1 heterocycles. The smallest absolute Gasteiger partial charge is 0.0738 e. The second-order valence-corrected chi connectivity index (χ2v) is 4.31. The van der Waals surface area contributed by atoms with Crippen LogP contribution in [0.3, 0.4) is 0 Å². The number of aromatic nitrogens is 3. The zero-order valence-electron chi connectivity index (χ0n) is 8.95. The second kappa shape index (κ2) is 3.69. The number of rotatable bonds is 5. The normalized spacial score (nSPS) is 18.4. The van der Waals surface area contributed by atoms with Crippen molar-refractivity contribution in [3.05, 3.63) is 11.9 Å². The molecule has 1 fully saturated rings. The zero-order chi connectivity index (χ0) is 10.0. The summed E-state index contributed by atoms with van der Waals surface area (Å²) in [6.45, 7) is 4.29. The third kappa shape index (κ3) is 1.95. The van der Waals surface area contributed by atoms with E-state index in [4.69, 9.17) is 0 Å². The Hall–Kier alpha value is -0.900. The minimum absolute atomic E-state index is 0.617. The zero-order valence-corrected chi connectivity index (χ0v) is 8.95. The third-order valence-corrected chi connectivity index (χ3v) is 3.32. The fourth-order valence-corrected chi connectivity index (χ4v) is 1.76. The molecule has 1 N–H and O–H groups in total. The first kappa shape index (κ1) is 9.65. The van der Waals surface area contributed by atoms with Crippen molar-refractivity contribution >= 4 is 0 Å².